The van der Waals surface area contributed by atoms with E-state index in [0.717, 1.165) is 0 Å². The minimum atomic E-state index is -0.529. The first-order valence-electron chi connectivity index (χ1n) is 5.60. The van der Waals surface area contributed by atoms with Crippen LogP contribution in [-0.4, -0.2) is 25.6 Å². The molecule has 0 heterocycles. The summed E-state index contributed by atoms with van der Waals surface area (Å²) in [5.74, 6) is -0.875. The summed E-state index contributed by atoms with van der Waals surface area (Å²) < 4.78 is 18.6. The van der Waals surface area contributed by atoms with E-state index in [0.29, 0.717) is 26.1 Å². The van der Waals surface area contributed by atoms with Gasteiger partial charge in [-0.3, -0.25) is 4.79 Å². The lowest BCUT2D eigenvalue weighted by atomic mass is 10.1. The third-order valence-corrected chi connectivity index (χ3v) is 2.17. The number of hydrogen-bond donors (Lipinski definition) is 2. The maximum absolute atomic E-state index is 13.5. The molecule has 0 radical (unpaired) electrons. The maximum Gasteiger partial charge on any atom is 0.255 e. The lowest BCUT2D eigenvalue weighted by Gasteiger charge is -2.11. The zero-order chi connectivity index (χ0) is 12.7. The summed E-state index contributed by atoms with van der Waals surface area (Å²) in [6.45, 7) is 3.02. The number of amides is 1. The van der Waals surface area contributed by atoms with Crippen molar-refractivity contribution >= 4 is 18.3 Å². The van der Waals surface area contributed by atoms with Crippen molar-refractivity contribution in [1.82, 2.24) is 5.32 Å². The van der Waals surface area contributed by atoms with Crippen LogP contribution in [0.3, 0.4) is 0 Å². The number of benzene rings is 1. The van der Waals surface area contributed by atoms with Crippen LogP contribution in [0.5, 0.6) is 5.75 Å². The molecule has 0 fully saturated rings. The highest BCUT2D eigenvalue weighted by Gasteiger charge is 2.15. The van der Waals surface area contributed by atoms with E-state index >= 15 is 0 Å². The van der Waals surface area contributed by atoms with Gasteiger partial charge in [0.1, 0.15) is 0 Å². The zero-order valence-corrected chi connectivity index (χ0v) is 11.1. The number of halogens is 2. The minimum Gasteiger partial charge on any atom is -0.490 e. The Morgan fingerprint density at radius 2 is 2.22 bits per heavy atom. The van der Waals surface area contributed by atoms with E-state index in [9.17, 15) is 9.18 Å². The predicted octanol–water partition coefficient (Wildman–Crippen LogP) is 1.72. The van der Waals surface area contributed by atoms with Gasteiger partial charge in [0.25, 0.3) is 5.91 Å². The summed E-state index contributed by atoms with van der Waals surface area (Å²) in [6.07, 6.45) is 0.686. The molecule has 102 valence electrons. The summed E-state index contributed by atoms with van der Waals surface area (Å²) >= 11 is 0. The third-order valence-electron chi connectivity index (χ3n) is 2.17. The Labute approximate surface area is 112 Å². The van der Waals surface area contributed by atoms with Crippen molar-refractivity contribution in [2.75, 3.05) is 19.7 Å². The SMILES string of the molecule is CCOc1c(F)cccc1C(=O)NCCCN.Cl. The number of nitrogens with two attached hydrogens (primary N) is 1. The first-order valence-corrected chi connectivity index (χ1v) is 5.60. The topological polar surface area (TPSA) is 64.3 Å². The smallest absolute Gasteiger partial charge is 0.255 e. The number of nitrogens with one attached hydrogen (secondary N) is 1. The molecule has 0 aliphatic heterocycles. The molecule has 4 nitrogen and oxygen atoms in total. The van der Waals surface area contributed by atoms with Gasteiger partial charge in [-0.05, 0) is 32.0 Å². The molecule has 0 unspecified atom stereocenters. The van der Waals surface area contributed by atoms with Gasteiger partial charge >= 0.3 is 0 Å². The lowest BCUT2D eigenvalue weighted by molar-refractivity contribution is 0.0948. The van der Waals surface area contributed by atoms with E-state index in [2.05, 4.69) is 5.32 Å². The van der Waals surface area contributed by atoms with Crippen LogP contribution >= 0.6 is 12.4 Å². The van der Waals surface area contributed by atoms with E-state index < -0.39 is 5.82 Å². The summed E-state index contributed by atoms with van der Waals surface area (Å²) in [5, 5.41) is 2.66. The molecule has 6 heteroatoms. The van der Waals surface area contributed by atoms with Crippen LogP contribution in [0.25, 0.3) is 0 Å². The lowest BCUT2D eigenvalue weighted by Crippen LogP contribution is -2.26. The van der Waals surface area contributed by atoms with Gasteiger partial charge in [0.2, 0.25) is 0 Å². The highest BCUT2D eigenvalue weighted by molar-refractivity contribution is 5.96. The van der Waals surface area contributed by atoms with Gasteiger partial charge in [-0.15, -0.1) is 12.4 Å². The minimum absolute atomic E-state index is 0. The van der Waals surface area contributed by atoms with Gasteiger partial charge in [-0.25, -0.2) is 4.39 Å². The molecule has 0 spiro atoms. The van der Waals surface area contributed by atoms with Crippen LogP contribution in [0, 0.1) is 5.82 Å². The number of para-hydroxylation sites is 1. The predicted molar refractivity (Wildman–Crippen MR) is 70.8 cm³/mol. The average Bonchev–Trinajstić information content (AvgIpc) is 2.32. The van der Waals surface area contributed by atoms with E-state index in [1.807, 2.05) is 0 Å². The molecule has 18 heavy (non-hydrogen) atoms. The molecule has 0 aliphatic carbocycles. The fourth-order valence-electron chi connectivity index (χ4n) is 1.38. The van der Waals surface area contributed by atoms with Crippen LogP contribution in [0.2, 0.25) is 0 Å². The molecule has 1 amide bonds. The summed E-state index contributed by atoms with van der Waals surface area (Å²) in [7, 11) is 0. The number of carbonyl (C=O) groups excluding carboxylic acids is 1. The first-order chi connectivity index (χ1) is 8.20. The zero-order valence-electron chi connectivity index (χ0n) is 10.2. The number of ether oxygens (including phenoxy) is 1. The highest BCUT2D eigenvalue weighted by Crippen LogP contribution is 2.22. The quantitative estimate of drug-likeness (QED) is 0.778. The number of hydrogen-bond acceptors (Lipinski definition) is 3. The molecule has 0 atom stereocenters. The fourth-order valence-corrected chi connectivity index (χ4v) is 1.38. The van der Waals surface area contributed by atoms with Crippen molar-refractivity contribution in [3.8, 4) is 5.75 Å². The van der Waals surface area contributed by atoms with Gasteiger partial charge in [-0.1, -0.05) is 6.07 Å². The second kappa shape index (κ2) is 8.72. The Morgan fingerprint density at radius 1 is 1.50 bits per heavy atom. The fraction of sp³-hybridized carbons (Fsp3) is 0.417. The first kappa shape index (κ1) is 16.7. The van der Waals surface area contributed by atoms with Crippen LogP contribution in [0.4, 0.5) is 4.39 Å². The van der Waals surface area contributed by atoms with Crippen LogP contribution in [-0.2, 0) is 0 Å². The third kappa shape index (κ3) is 4.50. The second-order valence-corrected chi connectivity index (χ2v) is 3.45. The Hall–Kier alpha value is -1.33. The second-order valence-electron chi connectivity index (χ2n) is 3.45. The molecule has 3 N–H and O–H groups in total. The van der Waals surface area contributed by atoms with Gasteiger partial charge in [0, 0.05) is 6.54 Å². The molecule has 1 aromatic carbocycles. The summed E-state index contributed by atoms with van der Waals surface area (Å²) in [5.41, 5.74) is 5.53. The molecular formula is C12H18ClFN2O2. The largest absolute Gasteiger partial charge is 0.490 e. The van der Waals surface area contributed by atoms with E-state index in [1.54, 1.807) is 6.92 Å². The molecule has 0 aliphatic rings. The summed E-state index contributed by atoms with van der Waals surface area (Å²) in [4.78, 5) is 11.8. The number of rotatable bonds is 6. The van der Waals surface area contributed by atoms with Gasteiger partial charge in [0.05, 0.1) is 12.2 Å². The maximum atomic E-state index is 13.5. The molecule has 0 saturated carbocycles. The standard InChI is InChI=1S/C12H17FN2O2.ClH/c1-2-17-11-9(5-3-6-10(11)13)12(16)15-8-4-7-14;/h3,5-6H,2,4,7-8,14H2,1H3,(H,15,16);1H. The van der Waals surface area contributed by atoms with Crippen LogP contribution < -0.4 is 15.8 Å². The van der Waals surface area contributed by atoms with Crippen molar-refractivity contribution in [3.05, 3.63) is 29.6 Å². The van der Waals surface area contributed by atoms with Gasteiger partial charge in [-0.2, -0.15) is 0 Å². The molecule has 0 bridgehead atoms. The summed E-state index contributed by atoms with van der Waals surface area (Å²) in [6, 6.07) is 4.28. The molecule has 1 aromatic rings. The van der Waals surface area contributed by atoms with E-state index in [-0.39, 0.29) is 29.6 Å². The van der Waals surface area contributed by atoms with Crippen LogP contribution in [0.15, 0.2) is 18.2 Å². The van der Waals surface area contributed by atoms with Crippen molar-refractivity contribution in [1.29, 1.82) is 0 Å². The van der Waals surface area contributed by atoms with Crippen molar-refractivity contribution in [3.63, 3.8) is 0 Å². The molecule has 1 rings (SSSR count). The van der Waals surface area contributed by atoms with E-state index in [4.69, 9.17) is 10.5 Å². The van der Waals surface area contributed by atoms with Crippen molar-refractivity contribution < 1.29 is 13.9 Å². The molecular weight excluding hydrogens is 259 g/mol. The number of carbonyl (C=O) groups is 1. The monoisotopic (exact) mass is 276 g/mol. The molecule has 0 aromatic heterocycles. The highest BCUT2D eigenvalue weighted by atomic mass is 35.5. The average molecular weight is 277 g/mol. The Morgan fingerprint density at radius 3 is 2.83 bits per heavy atom. The Bertz CT molecular complexity index is 388. The van der Waals surface area contributed by atoms with Gasteiger partial charge < -0.3 is 15.8 Å². The van der Waals surface area contributed by atoms with Crippen molar-refractivity contribution in [2.45, 2.75) is 13.3 Å². The Balaban J connectivity index is 0.00000289. The van der Waals surface area contributed by atoms with Crippen LogP contribution in [0.1, 0.15) is 23.7 Å². The molecule has 0 saturated heterocycles. The van der Waals surface area contributed by atoms with Gasteiger partial charge in [0.15, 0.2) is 11.6 Å². The van der Waals surface area contributed by atoms with E-state index in [1.165, 1.54) is 18.2 Å². The Kier molecular flexibility index (Phi) is 8.07. The normalized spacial score (nSPS) is 9.50. The van der Waals surface area contributed by atoms with Crippen molar-refractivity contribution in [2.24, 2.45) is 5.73 Å².